The van der Waals surface area contributed by atoms with Crippen LogP contribution in [0.5, 0.6) is 0 Å². The summed E-state index contributed by atoms with van der Waals surface area (Å²) >= 11 is 11.5. The number of rotatable bonds is 2. The Kier molecular flexibility index (Phi) is 2.54. The molecule has 0 aliphatic heterocycles. The highest BCUT2D eigenvalue weighted by Gasteiger charge is 2.09. The maximum Gasteiger partial charge on any atom is 0.225 e. The second-order valence-corrected chi connectivity index (χ2v) is 3.31. The maximum absolute atomic E-state index is 8.77. The minimum atomic E-state index is -0.0178. The number of aliphatic hydroxyl groups excluding tert-OH is 1. The highest BCUT2D eigenvalue weighted by molar-refractivity contribution is 6.35. The molecule has 0 fully saturated rings. The Labute approximate surface area is 89.3 Å². The number of hydrogen-bond donors (Lipinski definition) is 1. The van der Waals surface area contributed by atoms with Gasteiger partial charge in [-0.3, -0.25) is 0 Å². The molecule has 0 saturated carbocycles. The van der Waals surface area contributed by atoms with E-state index in [2.05, 4.69) is 15.1 Å². The maximum atomic E-state index is 8.77. The number of fused-ring (bicyclic) bond motifs is 1. The summed E-state index contributed by atoms with van der Waals surface area (Å²) in [6.07, 6.45) is 1.55. The van der Waals surface area contributed by atoms with Crippen molar-refractivity contribution in [2.45, 2.75) is 6.54 Å². The summed E-state index contributed by atoms with van der Waals surface area (Å²) in [5.41, 5.74) is 0.532. The van der Waals surface area contributed by atoms with Crippen molar-refractivity contribution in [2.24, 2.45) is 0 Å². The topological polar surface area (TPSA) is 63.8 Å². The first-order chi connectivity index (χ1) is 6.72. The molecule has 14 heavy (non-hydrogen) atoms. The summed E-state index contributed by atoms with van der Waals surface area (Å²) in [6.45, 7) is 0.337. The first-order valence-corrected chi connectivity index (χ1v) is 4.63. The molecule has 0 radical (unpaired) electrons. The van der Waals surface area contributed by atoms with Gasteiger partial charge in [-0.05, 0) is 11.6 Å². The van der Waals surface area contributed by atoms with Crippen LogP contribution in [-0.2, 0) is 6.54 Å². The van der Waals surface area contributed by atoms with E-state index in [0.29, 0.717) is 17.6 Å². The summed E-state index contributed by atoms with van der Waals surface area (Å²) < 4.78 is 1.52. The van der Waals surface area contributed by atoms with Gasteiger partial charge in [0, 0.05) is 0 Å². The van der Waals surface area contributed by atoms with Crippen LogP contribution >= 0.6 is 23.2 Å². The average Bonchev–Trinajstić information content (AvgIpc) is 2.49. The molecular formula is C7H6Cl2N4O. The van der Waals surface area contributed by atoms with Crippen LogP contribution in [0.2, 0.25) is 10.4 Å². The molecule has 2 aromatic rings. The van der Waals surface area contributed by atoms with Crippen LogP contribution in [0.25, 0.3) is 11.0 Å². The Morgan fingerprint density at radius 2 is 2.14 bits per heavy atom. The minimum absolute atomic E-state index is 0.0178. The second-order valence-electron chi connectivity index (χ2n) is 2.61. The van der Waals surface area contributed by atoms with Crippen LogP contribution in [-0.4, -0.2) is 31.5 Å². The Bertz CT molecular complexity index is 470. The molecule has 0 amide bonds. The molecule has 2 aromatic heterocycles. The standard InChI is InChI=1S/C7H6Cl2N4O/c8-5-4-3-10-13(1-2-14)6(4)12-7(9)11-5/h3,14H,1-2H2. The fourth-order valence-corrected chi connectivity index (χ4v) is 1.58. The lowest BCUT2D eigenvalue weighted by Gasteiger charge is -1.99. The van der Waals surface area contributed by atoms with Gasteiger partial charge >= 0.3 is 0 Å². The third-order valence-electron chi connectivity index (χ3n) is 1.73. The van der Waals surface area contributed by atoms with Crippen molar-refractivity contribution >= 4 is 34.2 Å². The third-order valence-corrected chi connectivity index (χ3v) is 2.19. The quantitative estimate of drug-likeness (QED) is 0.623. The van der Waals surface area contributed by atoms with Crippen molar-refractivity contribution < 1.29 is 5.11 Å². The molecule has 0 unspecified atom stereocenters. The number of hydrogen-bond acceptors (Lipinski definition) is 4. The average molecular weight is 233 g/mol. The summed E-state index contributed by atoms with van der Waals surface area (Å²) in [4.78, 5) is 7.75. The molecule has 7 heteroatoms. The molecule has 0 aliphatic carbocycles. The van der Waals surface area contributed by atoms with E-state index in [9.17, 15) is 0 Å². The predicted molar refractivity (Wildman–Crippen MR) is 52.4 cm³/mol. The monoisotopic (exact) mass is 232 g/mol. The molecule has 0 spiro atoms. The van der Waals surface area contributed by atoms with Crippen molar-refractivity contribution in [1.29, 1.82) is 0 Å². The van der Waals surface area contributed by atoms with Crippen molar-refractivity contribution in [3.05, 3.63) is 16.6 Å². The Morgan fingerprint density at radius 1 is 1.36 bits per heavy atom. The van der Waals surface area contributed by atoms with Gasteiger partial charge in [0.2, 0.25) is 5.28 Å². The van der Waals surface area contributed by atoms with Gasteiger partial charge in [-0.25, -0.2) is 9.67 Å². The smallest absolute Gasteiger partial charge is 0.225 e. The Hall–Kier alpha value is -0.910. The van der Waals surface area contributed by atoms with Gasteiger partial charge in [-0.1, -0.05) is 11.6 Å². The molecule has 74 valence electrons. The van der Waals surface area contributed by atoms with Crippen molar-refractivity contribution in [1.82, 2.24) is 19.7 Å². The van der Waals surface area contributed by atoms with E-state index in [0.717, 1.165) is 0 Å². The van der Waals surface area contributed by atoms with E-state index in [-0.39, 0.29) is 17.0 Å². The summed E-state index contributed by atoms with van der Waals surface area (Å²) in [6, 6.07) is 0. The van der Waals surface area contributed by atoms with Gasteiger partial charge in [0.15, 0.2) is 5.65 Å². The summed E-state index contributed by atoms with van der Waals surface area (Å²) in [5.74, 6) is 0. The largest absolute Gasteiger partial charge is 0.394 e. The molecule has 0 saturated heterocycles. The number of aromatic nitrogens is 4. The number of aliphatic hydroxyl groups is 1. The van der Waals surface area contributed by atoms with E-state index in [1.165, 1.54) is 4.68 Å². The van der Waals surface area contributed by atoms with E-state index in [4.69, 9.17) is 28.3 Å². The zero-order valence-corrected chi connectivity index (χ0v) is 8.50. The molecule has 0 bridgehead atoms. The molecule has 0 aromatic carbocycles. The fourth-order valence-electron chi connectivity index (χ4n) is 1.15. The van der Waals surface area contributed by atoms with Gasteiger partial charge in [-0.2, -0.15) is 10.1 Å². The van der Waals surface area contributed by atoms with Crippen molar-refractivity contribution in [2.75, 3.05) is 6.61 Å². The summed E-state index contributed by atoms with van der Waals surface area (Å²) in [7, 11) is 0. The van der Waals surface area contributed by atoms with Crippen molar-refractivity contribution in [3.63, 3.8) is 0 Å². The Morgan fingerprint density at radius 3 is 2.86 bits per heavy atom. The highest BCUT2D eigenvalue weighted by atomic mass is 35.5. The second kappa shape index (κ2) is 3.68. The fraction of sp³-hybridized carbons (Fsp3) is 0.286. The third kappa shape index (κ3) is 1.54. The predicted octanol–water partition coefficient (Wildman–Crippen LogP) is 1.13. The lowest BCUT2D eigenvalue weighted by atomic mass is 10.4. The van der Waals surface area contributed by atoms with E-state index in [1.807, 2.05) is 0 Å². The molecular weight excluding hydrogens is 227 g/mol. The van der Waals surface area contributed by atoms with Crippen LogP contribution in [0.1, 0.15) is 0 Å². The van der Waals surface area contributed by atoms with Gasteiger partial charge < -0.3 is 5.11 Å². The zero-order chi connectivity index (χ0) is 10.1. The first-order valence-electron chi connectivity index (χ1n) is 3.88. The van der Waals surface area contributed by atoms with E-state index >= 15 is 0 Å². The number of nitrogens with zero attached hydrogens (tertiary/aromatic N) is 4. The molecule has 0 atom stereocenters. The zero-order valence-electron chi connectivity index (χ0n) is 6.98. The molecule has 2 heterocycles. The first kappa shape index (κ1) is 9.64. The van der Waals surface area contributed by atoms with E-state index < -0.39 is 0 Å². The minimum Gasteiger partial charge on any atom is -0.394 e. The van der Waals surface area contributed by atoms with Crippen LogP contribution in [0.15, 0.2) is 6.20 Å². The van der Waals surface area contributed by atoms with Gasteiger partial charge in [0.05, 0.1) is 24.7 Å². The summed E-state index contributed by atoms with van der Waals surface area (Å²) in [5, 5.41) is 13.7. The van der Waals surface area contributed by atoms with Gasteiger partial charge in [-0.15, -0.1) is 0 Å². The highest BCUT2D eigenvalue weighted by Crippen LogP contribution is 2.21. The lowest BCUT2D eigenvalue weighted by Crippen LogP contribution is -2.04. The van der Waals surface area contributed by atoms with Crippen LogP contribution in [0, 0.1) is 0 Å². The van der Waals surface area contributed by atoms with Gasteiger partial charge in [0.1, 0.15) is 5.15 Å². The lowest BCUT2D eigenvalue weighted by molar-refractivity contribution is 0.271. The van der Waals surface area contributed by atoms with Crippen molar-refractivity contribution in [3.8, 4) is 0 Å². The van der Waals surface area contributed by atoms with Crippen LogP contribution < -0.4 is 0 Å². The molecule has 2 rings (SSSR count). The Balaban J connectivity index is 2.66. The van der Waals surface area contributed by atoms with Crippen LogP contribution in [0.3, 0.4) is 0 Å². The normalized spacial score (nSPS) is 11.1. The molecule has 0 aliphatic rings. The molecule has 5 nitrogen and oxygen atoms in total. The number of halogens is 2. The molecule has 1 N–H and O–H groups in total. The SMILES string of the molecule is OCCn1ncc2c(Cl)nc(Cl)nc21. The van der Waals surface area contributed by atoms with Crippen LogP contribution in [0.4, 0.5) is 0 Å². The van der Waals surface area contributed by atoms with Gasteiger partial charge in [0.25, 0.3) is 0 Å². The van der Waals surface area contributed by atoms with E-state index in [1.54, 1.807) is 6.20 Å².